The molecule has 1 unspecified atom stereocenters. The summed E-state index contributed by atoms with van der Waals surface area (Å²) in [7, 11) is 0. The summed E-state index contributed by atoms with van der Waals surface area (Å²) in [4.78, 5) is 0. The van der Waals surface area contributed by atoms with E-state index in [1.54, 1.807) is 0 Å². The lowest BCUT2D eigenvalue weighted by molar-refractivity contribution is 0.0544. The molecule has 0 spiro atoms. The van der Waals surface area contributed by atoms with Gasteiger partial charge in [0.2, 0.25) is 0 Å². The zero-order chi connectivity index (χ0) is 12.0. The van der Waals surface area contributed by atoms with Crippen LogP contribution >= 0.6 is 0 Å². The van der Waals surface area contributed by atoms with E-state index in [9.17, 15) is 5.11 Å². The number of benzene rings is 1. The van der Waals surface area contributed by atoms with Gasteiger partial charge in [0.15, 0.2) is 0 Å². The molecule has 0 amide bonds. The molecule has 0 saturated carbocycles. The molecule has 0 aliphatic carbocycles. The summed E-state index contributed by atoms with van der Waals surface area (Å²) < 4.78 is 0. The average Bonchev–Trinajstić information content (AvgIpc) is 2.27. The first-order valence-electron chi connectivity index (χ1n) is 5.86. The first kappa shape index (κ1) is 13.2. The van der Waals surface area contributed by atoms with Gasteiger partial charge < -0.3 is 10.2 Å². The molecule has 0 heterocycles. The fourth-order valence-corrected chi connectivity index (χ4v) is 1.93. The van der Waals surface area contributed by atoms with Crippen molar-refractivity contribution in [1.82, 2.24) is 0 Å². The molecule has 2 heteroatoms. The summed E-state index contributed by atoms with van der Waals surface area (Å²) in [5.74, 6) is 0. The van der Waals surface area contributed by atoms with E-state index in [4.69, 9.17) is 5.11 Å². The van der Waals surface area contributed by atoms with Crippen molar-refractivity contribution in [2.24, 2.45) is 5.41 Å². The maximum absolute atomic E-state index is 9.44. The van der Waals surface area contributed by atoms with Crippen LogP contribution in [0.3, 0.4) is 0 Å². The molecule has 0 radical (unpaired) electrons. The monoisotopic (exact) mass is 222 g/mol. The second kappa shape index (κ2) is 6.02. The third-order valence-electron chi connectivity index (χ3n) is 2.93. The number of aliphatic hydroxyl groups is 2. The Morgan fingerprint density at radius 2 is 1.81 bits per heavy atom. The summed E-state index contributed by atoms with van der Waals surface area (Å²) in [5, 5.41) is 18.3. The third-order valence-corrected chi connectivity index (χ3v) is 2.93. The highest BCUT2D eigenvalue weighted by molar-refractivity contribution is 5.14. The normalized spacial score (nSPS) is 13.8. The Kier molecular flexibility index (Phi) is 4.97. The van der Waals surface area contributed by atoms with Crippen LogP contribution in [0.15, 0.2) is 30.3 Å². The van der Waals surface area contributed by atoms with Gasteiger partial charge in [-0.05, 0) is 30.2 Å². The highest BCUT2D eigenvalue weighted by Crippen LogP contribution is 2.28. The van der Waals surface area contributed by atoms with E-state index in [0.717, 1.165) is 12.8 Å². The zero-order valence-corrected chi connectivity index (χ0v) is 10.2. The van der Waals surface area contributed by atoms with Gasteiger partial charge in [-0.25, -0.2) is 0 Å². The van der Waals surface area contributed by atoms with Gasteiger partial charge in [0.25, 0.3) is 0 Å². The average molecular weight is 222 g/mol. The van der Waals surface area contributed by atoms with Gasteiger partial charge >= 0.3 is 0 Å². The first-order chi connectivity index (χ1) is 7.53. The summed E-state index contributed by atoms with van der Waals surface area (Å²) in [5.41, 5.74) is 1.40. The summed E-state index contributed by atoms with van der Waals surface area (Å²) in [6.45, 7) is 4.12. The van der Waals surface area contributed by atoms with Gasteiger partial charge in [-0.15, -0.1) is 0 Å². The smallest absolute Gasteiger partial charge is 0.0776 e. The molecule has 1 aromatic rings. The standard InChI is InChI=1S/C14H22O2/c1-14(2,10-13(16)11-15)9-8-12-6-4-3-5-7-12/h3-7,13,15-16H,8-11H2,1-2H3. The summed E-state index contributed by atoms with van der Waals surface area (Å²) >= 11 is 0. The van der Waals surface area contributed by atoms with E-state index in [-0.39, 0.29) is 12.0 Å². The number of rotatable bonds is 6. The van der Waals surface area contributed by atoms with Crippen LogP contribution in [0.2, 0.25) is 0 Å². The second-order valence-corrected chi connectivity index (χ2v) is 5.19. The molecule has 1 rings (SSSR count). The van der Waals surface area contributed by atoms with E-state index in [1.165, 1.54) is 5.56 Å². The molecule has 0 saturated heterocycles. The van der Waals surface area contributed by atoms with Gasteiger partial charge in [0.1, 0.15) is 0 Å². The predicted octanol–water partition coefficient (Wildman–Crippen LogP) is 2.39. The maximum atomic E-state index is 9.44. The molecule has 16 heavy (non-hydrogen) atoms. The lowest BCUT2D eigenvalue weighted by atomic mass is 9.81. The van der Waals surface area contributed by atoms with Crippen molar-refractivity contribution >= 4 is 0 Å². The topological polar surface area (TPSA) is 40.5 Å². The quantitative estimate of drug-likeness (QED) is 0.776. The third kappa shape index (κ3) is 4.77. The van der Waals surface area contributed by atoms with Crippen LogP contribution in [0, 0.1) is 5.41 Å². The largest absolute Gasteiger partial charge is 0.394 e. The molecule has 0 fully saturated rings. The lowest BCUT2D eigenvalue weighted by Crippen LogP contribution is -2.23. The Morgan fingerprint density at radius 1 is 1.19 bits per heavy atom. The van der Waals surface area contributed by atoms with Crippen LogP contribution in [0.25, 0.3) is 0 Å². The van der Waals surface area contributed by atoms with Crippen molar-refractivity contribution in [3.8, 4) is 0 Å². The molecule has 0 bridgehead atoms. The van der Waals surface area contributed by atoms with E-state index in [1.807, 2.05) is 18.2 Å². The van der Waals surface area contributed by atoms with Crippen molar-refractivity contribution in [2.75, 3.05) is 6.61 Å². The van der Waals surface area contributed by atoms with Crippen LogP contribution in [0.4, 0.5) is 0 Å². The first-order valence-corrected chi connectivity index (χ1v) is 5.86. The maximum Gasteiger partial charge on any atom is 0.0776 e. The molecule has 90 valence electrons. The Balaban J connectivity index is 2.41. The van der Waals surface area contributed by atoms with Crippen molar-refractivity contribution < 1.29 is 10.2 Å². The Hall–Kier alpha value is -0.860. The number of aliphatic hydroxyl groups excluding tert-OH is 2. The molecular weight excluding hydrogens is 200 g/mol. The minimum Gasteiger partial charge on any atom is -0.394 e. The van der Waals surface area contributed by atoms with Crippen molar-refractivity contribution in [3.63, 3.8) is 0 Å². The molecule has 2 N–H and O–H groups in total. The SMILES string of the molecule is CC(C)(CCc1ccccc1)CC(O)CO. The van der Waals surface area contributed by atoms with Crippen LogP contribution in [0.5, 0.6) is 0 Å². The van der Waals surface area contributed by atoms with Gasteiger partial charge in [0, 0.05) is 0 Å². The molecule has 1 aromatic carbocycles. The highest BCUT2D eigenvalue weighted by Gasteiger charge is 2.21. The molecule has 0 aliphatic heterocycles. The van der Waals surface area contributed by atoms with Gasteiger partial charge in [-0.1, -0.05) is 44.2 Å². The Bertz CT molecular complexity index is 293. The Labute approximate surface area is 97.9 Å². The van der Waals surface area contributed by atoms with Crippen molar-refractivity contribution in [3.05, 3.63) is 35.9 Å². The molecular formula is C14H22O2. The summed E-state index contributed by atoms with van der Waals surface area (Å²) in [6, 6.07) is 10.4. The molecule has 0 aliphatic rings. The molecule has 2 nitrogen and oxygen atoms in total. The minimum atomic E-state index is -0.592. The lowest BCUT2D eigenvalue weighted by Gasteiger charge is -2.26. The van der Waals surface area contributed by atoms with Gasteiger partial charge in [0.05, 0.1) is 12.7 Å². The predicted molar refractivity (Wildman–Crippen MR) is 66.3 cm³/mol. The highest BCUT2D eigenvalue weighted by atomic mass is 16.3. The second-order valence-electron chi connectivity index (χ2n) is 5.19. The van der Waals surface area contributed by atoms with E-state index >= 15 is 0 Å². The van der Waals surface area contributed by atoms with Crippen LogP contribution in [0.1, 0.15) is 32.3 Å². The fraction of sp³-hybridized carbons (Fsp3) is 0.571. The Morgan fingerprint density at radius 3 is 2.38 bits per heavy atom. The summed E-state index contributed by atoms with van der Waals surface area (Å²) in [6.07, 6.45) is 2.10. The molecule has 1 atom stereocenters. The van der Waals surface area contributed by atoms with E-state index < -0.39 is 6.10 Å². The number of hydrogen-bond acceptors (Lipinski definition) is 2. The molecule has 0 aromatic heterocycles. The van der Waals surface area contributed by atoms with E-state index in [0.29, 0.717) is 6.42 Å². The van der Waals surface area contributed by atoms with E-state index in [2.05, 4.69) is 26.0 Å². The fourth-order valence-electron chi connectivity index (χ4n) is 1.93. The minimum absolute atomic E-state index is 0.0674. The number of hydrogen-bond donors (Lipinski definition) is 2. The number of aryl methyl sites for hydroxylation is 1. The van der Waals surface area contributed by atoms with Crippen molar-refractivity contribution in [2.45, 2.75) is 39.2 Å². The van der Waals surface area contributed by atoms with Gasteiger partial charge in [-0.2, -0.15) is 0 Å². The zero-order valence-electron chi connectivity index (χ0n) is 10.2. The van der Waals surface area contributed by atoms with Crippen molar-refractivity contribution in [1.29, 1.82) is 0 Å². The van der Waals surface area contributed by atoms with Crippen LogP contribution in [-0.2, 0) is 6.42 Å². The van der Waals surface area contributed by atoms with Crippen LogP contribution < -0.4 is 0 Å². The van der Waals surface area contributed by atoms with Gasteiger partial charge in [-0.3, -0.25) is 0 Å². The van der Waals surface area contributed by atoms with Crippen LogP contribution in [-0.4, -0.2) is 22.9 Å².